The SMILES string of the molecule is CCOc1ccccc1Nc1ncnc(Nc2cccc(C(F)(F)F)c2)c1N. The molecule has 28 heavy (non-hydrogen) atoms. The molecular formula is C19H18F3N5O. The number of ether oxygens (including phenoxy) is 1. The number of halogens is 3. The second kappa shape index (κ2) is 8.03. The van der Waals surface area contributed by atoms with Crippen molar-refractivity contribution in [1.29, 1.82) is 0 Å². The molecular weight excluding hydrogens is 371 g/mol. The lowest BCUT2D eigenvalue weighted by Gasteiger charge is -2.15. The van der Waals surface area contributed by atoms with Gasteiger partial charge in [-0.25, -0.2) is 9.97 Å². The summed E-state index contributed by atoms with van der Waals surface area (Å²) in [5.41, 5.74) is 6.36. The molecule has 1 aromatic heterocycles. The molecule has 146 valence electrons. The lowest BCUT2D eigenvalue weighted by atomic mass is 10.2. The van der Waals surface area contributed by atoms with E-state index in [-0.39, 0.29) is 17.2 Å². The first-order valence-corrected chi connectivity index (χ1v) is 8.42. The summed E-state index contributed by atoms with van der Waals surface area (Å²) in [4.78, 5) is 8.14. The zero-order chi connectivity index (χ0) is 20.1. The average Bonchev–Trinajstić information content (AvgIpc) is 2.66. The van der Waals surface area contributed by atoms with Crippen LogP contribution in [0.25, 0.3) is 0 Å². The van der Waals surface area contributed by atoms with Gasteiger partial charge in [0.2, 0.25) is 0 Å². The van der Waals surface area contributed by atoms with Crippen LogP contribution in [0.3, 0.4) is 0 Å². The molecule has 3 aromatic rings. The summed E-state index contributed by atoms with van der Waals surface area (Å²) in [5.74, 6) is 1.11. The predicted octanol–water partition coefficient (Wildman–Crippen LogP) is 4.96. The largest absolute Gasteiger partial charge is 0.492 e. The summed E-state index contributed by atoms with van der Waals surface area (Å²) in [6.45, 7) is 2.35. The van der Waals surface area contributed by atoms with Crippen molar-refractivity contribution in [3.63, 3.8) is 0 Å². The molecule has 0 aliphatic rings. The van der Waals surface area contributed by atoms with E-state index in [1.54, 1.807) is 12.1 Å². The minimum Gasteiger partial charge on any atom is -0.492 e. The number of nitrogens with one attached hydrogen (secondary N) is 2. The van der Waals surface area contributed by atoms with Crippen LogP contribution in [0.1, 0.15) is 12.5 Å². The van der Waals surface area contributed by atoms with Crippen molar-refractivity contribution in [2.24, 2.45) is 0 Å². The second-order valence-corrected chi connectivity index (χ2v) is 5.74. The van der Waals surface area contributed by atoms with Crippen LogP contribution in [-0.4, -0.2) is 16.6 Å². The van der Waals surface area contributed by atoms with Gasteiger partial charge < -0.3 is 21.1 Å². The van der Waals surface area contributed by atoms with E-state index < -0.39 is 11.7 Å². The van der Waals surface area contributed by atoms with E-state index in [4.69, 9.17) is 10.5 Å². The quantitative estimate of drug-likeness (QED) is 0.552. The third-order valence-corrected chi connectivity index (χ3v) is 3.78. The van der Waals surface area contributed by atoms with E-state index in [1.165, 1.54) is 18.5 Å². The van der Waals surface area contributed by atoms with Crippen LogP contribution < -0.4 is 21.1 Å². The van der Waals surface area contributed by atoms with Crippen molar-refractivity contribution < 1.29 is 17.9 Å². The van der Waals surface area contributed by atoms with Crippen LogP contribution in [0.2, 0.25) is 0 Å². The Balaban J connectivity index is 1.86. The van der Waals surface area contributed by atoms with Gasteiger partial charge >= 0.3 is 6.18 Å². The molecule has 0 spiro atoms. The van der Waals surface area contributed by atoms with Crippen LogP contribution in [0.15, 0.2) is 54.9 Å². The molecule has 9 heteroatoms. The Morgan fingerprint density at radius 2 is 1.71 bits per heavy atom. The normalized spacial score (nSPS) is 11.1. The van der Waals surface area contributed by atoms with Gasteiger partial charge in [-0.15, -0.1) is 0 Å². The molecule has 0 aliphatic heterocycles. The number of nitrogens with zero attached hydrogens (tertiary/aromatic N) is 2. The number of benzene rings is 2. The van der Waals surface area contributed by atoms with Gasteiger partial charge in [0.25, 0.3) is 0 Å². The minimum absolute atomic E-state index is 0.159. The van der Waals surface area contributed by atoms with E-state index in [0.29, 0.717) is 23.9 Å². The van der Waals surface area contributed by atoms with Crippen molar-refractivity contribution in [1.82, 2.24) is 9.97 Å². The second-order valence-electron chi connectivity index (χ2n) is 5.74. The lowest BCUT2D eigenvalue weighted by Crippen LogP contribution is -2.07. The molecule has 0 fully saturated rings. The maximum absolute atomic E-state index is 12.9. The Hall–Kier alpha value is -3.49. The molecule has 0 unspecified atom stereocenters. The highest BCUT2D eigenvalue weighted by atomic mass is 19.4. The molecule has 0 aliphatic carbocycles. The Morgan fingerprint density at radius 1 is 1.00 bits per heavy atom. The van der Waals surface area contributed by atoms with E-state index in [9.17, 15) is 13.2 Å². The molecule has 0 bridgehead atoms. The molecule has 1 heterocycles. The van der Waals surface area contributed by atoms with Crippen molar-refractivity contribution in [2.75, 3.05) is 23.0 Å². The van der Waals surface area contributed by atoms with Gasteiger partial charge in [-0.2, -0.15) is 13.2 Å². The topological polar surface area (TPSA) is 85.1 Å². The Bertz CT molecular complexity index is 962. The molecule has 0 atom stereocenters. The van der Waals surface area contributed by atoms with Gasteiger partial charge in [0, 0.05) is 5.69 Å². The first kappa shape index (κ1) is 19.3. The number of anilines is 5. The molecule has 0 saturated carbocycles. The first-order valence-electron chi connectivity index (χ1n) is 8.42. The molecule has 0 saturated heterocycles. The lowest BCUT2D eigenvalue weighted by molar-refractivity contribution is -0.137. The molecule has 3 rings (SSSR count). The standard InChI is InChI=1S/C19H18F3N5O/c1-2-28-15-9-4-3-8-14(15)27-18-16(23)17(24-11-25-18)26-13-7-5-6-12(10-13)19(20,21)22/h3-11H,2,23H2,1H3,(H2,24,25,26,27). The van der Waals surface area contributed by atoms with Crippen molar-refractivity contribution in [3.8, 4) is 5.75 Å². The van der Waals surface area contributed by atoms with Gasteiger partial charge in [0.05, 0.1) is 17.9 Å². The van der Waals surface area contributed by atoms with Crippen LogP contribution in [-0.2, 0) is 6.18 Å². The zero-order valence-electron chi connectivity index (χ0n) is 14.9. The van der Waals surface area contributed by atoms with Crippen molar-refractivity contribution in [3.05, 3.63) is 60.4 Å². The number of para-hydroxylation sites is 2. The van der Waals surface area contributed by atoms with Crippen molar-refractivity contribution in [2.45, 2.75) is 13.1 Å². The van der Waals surface area contributed by atoms with Crippen molar-refractivity contribution >= 4 is 28.7 Å². The Kier molecular flexibility index (Phi) is 5.53. The van der Waals surface area contributed by atoms with E-state index in [1.807, 2.05) is 19.1 Å². The molecule has 0 amide bonds. The molecule has 4 N–H and O–H groups in total. The summed E-state index contributed by atoms with van der Waals surface area (Å²) >= 11 is 0. The first-order chi connectivity index (χ1) is 13.4. The summed E-state index contributed by atoms with van der Waals surface area (Å²) in [6, 6.07) is 12.0. The van der Waals surface area contributed by atoms with Gasteiger partial charge in [-0.3, -0.25) is 0 Å². The number of hydrogen-bond donors (Lipinski definition) is 3. The zero-order valence-corrected chi connectivity index (χ0v) is 14.9. The number of aromatic nitrogens is 2. The van der Waals surface area contributed by atoms with Gasteiger partial charge in [0.15, 0.2) is 11.6 Å². The Morgan fingerprint density at radius 3 is 2.43 bits per heavy atom. The van der Waals surface area contributed by atoms with Crippen LogP contribution in [0.5, 0.6) is 5.75 Å². The monoisotopic (exact) mass is 389 g/mol. The molecule has 6 nitrogen and oxygen atoms in total. The molecule has 2 aromatic carbocycles. The van der Waals surface area contributed by atoms with E-state index in [2.05, 4.69) is 20.6 Å². The number of nitrogens with two attached hydrogens (primary N) is 1. The number of hydrogen-bond acceptors (Lipinski definition) is 6. The van der Waals surface area contributed by atoms with E-state index in [0.717, 1.165) is 12.1 Å². The predicted molar refractivity (Wildman–Crippen MR) is 102 cm³/mol. The number of alkyl halides is 3. The third kappa shape index (κ3) is 4.43. The summed E-state index contributed by atoms with van der Waals surface area (Å²) in [7, 11) is 0. The molecule has 0 radical (unpaired) electrons. The number of nitrogen functional groups attached to an aromatic ring is 1. The van der Waals surface area contributed by atoms with Gasteiger partial charge in [-0.05, 0) is 37.3 Å². The summed E-state index contributed by atoms with van der Waals surface area (Å²) < 4.78 is 44.2. The smallest absolute Gasteiger partial charge is 0.416 e. The van der Waals surface area contributed by atoms with Crippen LogP contribution in [0.4, 0.5) is 41.9 Å². The summed E-state index contributed by atoms with van der Waals surface area (Å²) in [5, 5.41) is 5.87. The Labute approximate surface area is 159 Å². The highest BCUT2D eigenvalue weighted by Gasteiger charge is 2.30. The fraction of sp³-hybridized carbons (Fsp3) is 0.158. The average molecular weight is 389 g/mol. The van der Waals surface area contributed by atoms with Crippen LogP contribution >= 0.6 is 0 Å². The summed E-state index contributed by atoms with van der Waals surface area (Å²) in [6.07, 6.45) is -3.18. The van der Waals surface area contributed by atoms with Gasteiger partial charge in [-0.1, -0.05) is 18.2 Å². The maximum atomic E-state index is 12.9. The fourth-order valence-corrected chi connectivity index (χ4v) is 2.48. The maximum Gasteiger partial charge on any atom is 0.416 e. The third-order valence-electron chi connectivity index (χ3n) is 3.78. The number of rotatable bonds is 6. The van der Waals surface area contributed by atoms with E-state index >= 15 is 0 Å². The highest BCUT2D eigenvalue weighted by molar-refractivity contribution is 5.81. The fourth-order valence-electron chi connectivity index (χ4n) is 2.48. The minimum atomic E-state index is -4.44. The van der Waals surface area contributed by atoms with Gasteiger partial charge in [0.1, 0.15) is 17.8 Å². The highest BCUT2D eigenvalue weighted by Crippen LogP contribution is 2.34. The van der Waals surface area contributed by atoms with Crippen LogP contribution in [0, 0.1) is 0 Å².